The van der Waals surface area contributed by atoms with E-state index in [1.807, 2.05) is 24.3 Å². The Bertz CT molecular complexity index is 785. The van der Waals surface area contributed by atoms with Crippen LogP contribution in [0.4, 0.5) is 5.69 Å². The molecule has 0 bridgehead atoms. The van der Waals surface area contributed by atoms with Crippen molar-refractivity contribution in [3.8, 4) is 11.4 Å². The highest BCUT2D eigenvalue weighted by Crippen LogP contribution is 2.31. The number of H-pyrrole nitrogens is 1. The van der Waals surface area contributed by atoms with E-state index in [-0.39, 0.29) is 0 Å². The summed E-state index contributed by atoms with van der Waals surface area (Å²) < 4.78 is 2.12. The van der Waals surface area contributed by atoms with Gasteiger partial charge in [-0.05, 0) is 52.9 Å². The zero-order valence-electron chi connectivity index (χ0n) is 9.55. The van der Waals surface area contributed by atoms with Crippen LogP contribution in [-0.4, -0.2) is 9.97 Å². The number of imidazole rings is 1. The molecule has 96 valence electrons. The van der Waals surface area contributed by atoms with Crippen LogP contribution in [0.3, 0.4) is 0 Å². The number of nitrogens with zero attached hydrogens (tertiary/aromatic N) is 1. The largest absolute Gasteiger partial charge is 0.397 e. The summed E-state index contributed by atoms with van der Waals surface area (Å²) in [5, 5.41) is 0.601. The maximum absolute atomic E-state index is 6.00. The molecule has 19 heavy (non-hydrogen) atoms. The van der Waals surface area contributed by atoms with Gasteiger partial charge in [0, 0.05) is 18.6 Å². The third-order valence-corrected chi connectivity index (χ3v) is 4.42. The van der Waals surface area contributed by atoms with Gasteiger partial charge >= 0.3 is 0 Å². The van der Waals surface area contributed by atoms with Gasteiger partial charge in [0.2, 0.25) is 0 Å². The van der Waals surface area contributed by atoms with Crippen molar-refractivity contribution in [2.45, 2.75) is 0 Å². The second-order valence-corrected chi connectivity index (χ2v) is 6.62. The number of halogens is 3. The van der Waals surface area contributed by atoms with Crippen molar-refractivity contribution in [3.05, 3.63) is 43.4 Å². The van der Waals surface area contributed by atoms with Crippen molar-refractivity contribution in [2.24, 2.45) is 0 Å². The van der Waals surface area contributed by atoms with Crippen molar-refractivity contribution < 1.29 is 0 Å². The molecule has 2 aromatic carbocycles. The van der Waals surface area contributed by atoms with Crippen molar-refractivity contribution in [2.75, 3.05) is 5.73 Å². The lowest BCUT2D eigenvalue weighted by molar-refractivity contribution is 1.32. The molecular weight excluding hydrogens is 440 g/mol. The molecule has 0 saturated heterocycles. The summed E-state index contributed by atoms with van der Waals surface area (Å²) in [6.45, 7) is 0. The monoisotopic (exact) mass is 447 g/mol. The third kappa shape index (κ3) is 2.46. The number of nitrogens with one attached hydrogen (secondary N) is 1. The molecule has 3 nitrogen and oxygen atoms in total. The van der Waals surface area contributed by atoms with E-state index in [4.69, 9.17) is 17.3 Å². The number of nitrogen functional groups attached to an aromatic ring is 1. The van der Waals surface area contributed by atoms with Crippen LogP contribution in [0.5, 0.6) is 0 Å². The summed E-state index contributed by atoms with van der Waals surface area (Å²) in [6, 6.07) is 9.59. The Morgan fingerprint density at radius 1 is 1.26 bits per heavy atom. The molecule has 0 radical (unpaired) electrons. The Balaban J connectivity index is 2.26. The van der Waals surface area contributed by atoms with E-state index in [0.29, 0.717) is 10.7 Å². The fourth-order valence-corrected chi connectivity index (χ4v) is 3.09. The molecule has 1 aromatic heterocycles. The zero-order chi connectivity index (χ0) is 13.6. The van der Waals surface area contributed by atoms with Crippen LogP contribution in [0, 0.1) is 3.57 Å². The molecule has 0 aliphatic carbocycles. The first-order valence-corrected chi connectivity index (χ1v) is 7.70. The topological polar surface area (TPSA) is 54.7 Å². The van der Waals surface area contributed by atoms with E-state index < -0.39 is 0 Å². The van der Waals surface area contributed by atoms with Crippen molar-refractivity contribution in [3.63, 3.8) is 0 Å². The van der Waals surface area contributed by atoms with Crippen molar-refractivity contribution >= 4 is 66.8 Å². The summed E-state index contributed by atoms with van der Waals surface area (Å²) in [5.41, 5.74) is 9.14. The average molecular weight is 448 g/mol. The van der Waals surface area contributed by atoms with Crippen molar-refractivity contribution in [1.82, 2.24) is 9.97 Å². The van der Waals surface area contributed by atoms with Gasteiger partial charge in [0.05, 0.1) is 11.2 Å². The number of aromatic nitrogens is 2. The first-order chi connectivity index (χ1) is 9.04. The lowest BCUT2D eigenvalue weighted by Crippen LogP contribution is -1.87. The normalized spacial score (nSPS) is 11.1. The quantitative estimate of drug-likeness (QED) is 0.414. The van der Waals surface area contributed by atoms with Crippen LogP contribution in [0.15, 0.2) is 34.8 Å². The minimum Gasteiger partial charge on any atom is -0.397 e. The van der Waals surface area contributed by atoms with Crippen LogP contribution in [0.2, 0.25) is 5.02 Å². The lowest BCUT2D eigenvalue weighted by Gasteiger charge is -2.01. The summed E-state index contributed by atoms with van der Waals surface area (Å²) in [7, 11) is 0. The number of aromatic amines is 1. The van der Waals surface area contributed by atoms with E-state index in [2.05, 4.69) is 48.5 Å². The van der Waals surface area contributed by atoms with E-state index in [1.165, 1.54) is 0 Å². The van der Waals surface area contributed by atoms with Gasteiger partial charge in [-0.2, -0.15) is 0 Å². The Hall–Kier alpha value is -0.790. The maximum atomic E-state index is 6.00. The SMILES string of the molecule is Nc1cc(Cl)cc2[nH]c(-c3cc(Br)ccc3I)nc12. The molecular formula is C13H8BrClIN3. The number of benzene rings is 2. The summed E-state index contributed by atoms with van der Waals surface area (Å²) in [4.78, 5) is 7.82. The van der Waals surface area contributed by atoms with Gasteiger partial charge in [0.15, 0.2) is 0 Å². The highest BCUT2D eigenvalue weighted by Gasteiger charge is 2.11. The summed E-state index contributed by atoms with van der Waals surface area (Å²) >= 11 is 11.8. The van der Waals surface area contributed by atoms with Gasteiger partial charge in [-0.25, -0.2) is 4.98 Å². The summed E-state index contributed by atoms with van der Waals surface area (Å²) in [5.74, 6) is 0.787. The molecule has 1 heterocycles. The molecule has 0 fully saturated rings. The standard InChI is InChI=1S/C13H8BrClIN3/c14-6-1-2-9(16)8(3-6)13-18-11-5-7(15)4-10(17)12(11)19-13/h1-5H,17H2,(H,18,19). The number of anilines is 1. The number of rotatable bonds is 1. The molecule has 0 unspecified atom stereocenters. The van der Waals surface area contributed by atoms with Gasteiger partial charge in [0.1, 0.15) is 11.3 Å². The Morgan fingerprint density at radius 2 is 2.05 bits per heavy atom. The van der Waals surface area contributed by atoms with Crippen LogP contribution >= 0.6 is 50.1 Å². The van der Waals surface area contributed by atoms with Gasteiger partial charge in [-0.15, -0.1) is 0 Å². The molecule has 0 saturated carbocycles. The highest BCUT2D eigenvalue weighted by atomic mass is 127. The smallest absolute Gasteiger partial charge is 0.139 e. The fourth-order valence-electron chi connectivity index (χ4n) is 1.91. The molecule has 0 amide bonds. The lowest BCUT2D eigenvalue weighted by atomic mass is 10.2. The molecule has 3 aromatic rings. The van der Waals surface area contributed by atoms with Gasteiger partial charge < -0.3 is 10.7 Å². The predicted octanol–water partition coefficient (Wildman–Crippen LogP) is 4.83. The third-order valence-electron chi connectivity index (χ3n) is 2.76. The fraction of sp³-hybridized carbons (Fsp3) is 0. The Morgan fingerprint density at radius 3 is 2.84 bits per heavy atom. The van der Waals surface area contributed by atoms with Crippen LogP contribution < -0.4 is 5.73 Å². The molecule has 0 atom stereocenters. The minimum absolute atomic E-state index is 0.579. The van der Waals surface area contributed by atoms with Crippen LogP contribution in [-0.2, 0) is 0 Å². The number of hydrogen-bond acceptors (Lipinski definition) is 2. The van der Waals surface area contributed by atoms with Crippen LogP contribution in [0.25, 0.3) is 22.4 Å². The highest BCUT2D eigenvalue weighted by molar-refractivity contribution is 14.1. The molecule has 3 rings (SSSR count). The second kappa shape index (κ2) is 4.96. The van der Waals surface area contributed by atoms with Gasteiger partial charge in [0.25, 0.3) is 0 Å². The Labute approximate surface area is 136 Å². The van der Waals surface area contributed by atoms with E-state index in [1.54, 1.807) is 6.07 Å². The van der Waals surface area contributed by atoms with Crippen LogP contribution in [0.1, 0.15) is 0 Å². The first-order valence-electron chi connectivity index (χ1n) is 5.45. The average Bonchev–Trinajstić information content (AvgIpc) is 2.76. The minimum atomic E-state index is 0.579. The van der Waals surface area contributed by atoms with Crippen molar-refractivity contribution in [1.29, 1.82) is 0 Å². The first kappa shape index (κ1) is 13.2. The van der Waals surface area contributed by atoms with E-state index in [0.717, 1.165) is 30.5 Å². The second-order valence-electron chi connectivity index (χ2n) is 4.10. The number of nitrogens with two attached hydrogens (primary N) is 1. The van der Waals surface area contributed by atoms with E-state index >= 15 is 0 Å². The molecule has 6 heteroatoms. The van der Waals surface area contributed by atoms with Gasteiger partial charge in [-0.1, -0.05) is 27.5 Å². The number of hydrogen-bond donors (Lipinski definition) is 2. The molecule has 0 aliphatic rings. The zero-order valence-corrected chi connectivity index (χ0v) is 14.0. The maximum Gasteiger partial charge on any atom is 0.139 e. The van der Waals surface area contributed by atoms with E-state index in [9.17, 15) is 0 Å². The molecule has 0 aliphatic heterocycles. The predicted molar refractivity (Wildman–Crippen MR) is 91.4 cm³/mol. The molecule has 3 N–H and O–H groups in total. The Kier molecular flexibility index (Phi) is 3.44. The molecule has 0 spiro atoms. The number of fused-ring (bicyclic) bond motifs is 1. The van der Waals surface area contributed by atoms with Gasteiger partial charge in [-0.3, -0.25) is 0 Å². The summed E-state index contributed by atoms with van der Waals surface area (Å²) in [6.07, 6.45) is 0.